The van der Waals surface area contributed by atoms with Gasteiger partial charge in [-0.05, 0) is 103 Å². The Bertz CT molecular complexity index is 1150. The molecule has 0 bridgehead atoms. The van der Waals surface area contributed by atoms with Crippen LogP contribution in [0.2, 0.25) is 0 Å². The van der Waals surface area contributed by atoms with Crippen molar-refractivity contribution >= 4 is 12.4 Å². The van der Waals surface area contributed by atoms with E-state index in [1.54, 1.807) is 5.57 Å². The first kappa shape index (κ1) is 37.7. The number of nitrogens with two attached hydrogens (primary N) is 1. The molecule has 0 radical (unpaired) electrons. The number of esters is 1. The molecule has 47 heavy (non-hydrogen) atoms. The summed E-state index contributed by atoms with van der Waals surface area (Å²) in [6.07, 6.45) is 21.0. The summed E-state index contributed by atoms with van der Waals surface area (Å²) in [5.41, 5.74) is 9.61. The minimum absolute atomic E-state index is 0.0250. The first-order valence-corrected chi connectivity index (χ1v) is 19.3. The maximum absolute atomic E-state index is 12.7. The highest BCUT2D eigenvalue weighted by Gasteiger charge is 2.59. The number of carbonyl (C=O) groups excluding carboxylic acids is 2. The average molecular weight is 650 g/mol. The zero-order chi connectivity index (χ0) is 34.0. The van der Waals surface area contributed by atoms with Gasteiger partial charge in [0, 0.05) is 6.42 Å². The molecule has 1 aromatic rings. The van der Waals surface area contributed by atoms with Crippen molar-refractivity contribution in [3.63, 3.8) is 0 Å². The van der Waals surface area contributed by atoms with Crippen LogP contribution in [0.3, 0.4) is 0 Å². The van der Waals surface area contributed by atoms with Gasteiger partial charge in [-0.2, -0.15) is 0 Å². The summed E-state index contributed by atoms with van der Waals surface area (Å²) in [6.45, 7) is 15.6. The Kier molecular flexibility index (Phi) is 14.0. The van der Waals surface area contributed by atoms with Gasteiger partial charge in [0.25, 0.3) is 6.47 Å². The molecule has 5 rings (SSSR count). The lowest BCUT2D eigenvalue weighted by Gasteiger charge is -2.58. The lowest BCUT2D eigenvalue weighted by molar-refractivity contribution is -0.153. The third-order valence-corrected chi connectivity index (χ3v) is 13.1. The van der Waals surface area contributed by atoms with E-state index in [0.29, 0.717) is 23.9 Å². The molecule has 4 aliphatic carbocycles. The van der Waals surface area contributed by atoms with Crippen molar-refractivity contribution in [3.05, 3.63) is 47.5 Å². The zero-order valence-corrected chi connectivity index (χ0v) is 30.7. The van der Waals surface area contributed by atoms with Gasteiger partial charge in [-0.1, -0.05) is 122 Å². The van der Waals surface area contributed by atoms with Crippen LogP contribution < -0.4 is 5.73 Å². The molecule has 2 N–H and O–H groups in total. The summed E-state index contributed by atoms with van der Waals surface area (Å²) in [6, 6.07) is 9.09. The number of hydrogen-bond acceptors (Lipinski definition) is 5. The maximum Gasteiger partial charge on any atom is 0.323 e. The van der Waals surface area contributed by atoms with Gasteiger partial charge in [-0.15, -0.1) is 0 Å². The van der Waals surface area contributed by atoms with Crippen LogP contribution >= 0.6 is 0 Å². The Morgan fingerprint density at radius 1 is 0.957 bits per heavy atom. The molecule has 1 aromatic carbocycles. The van der Waals surface area contributed by atoms with E-state index in [2.05, 4.69) is 52.4 Å². The summed E-state index contributed by atoms with van der Waals surface area (Å²) >= 11 is 0. The van der Waals surface area contributed by atoms with Crippen LogP contribution in [-0.2, 0) is 25.7 Å². The Morgan fingerprint density at radius 3 is 2.43 bits per heavy atom. The smallest absolute Gasteiger partial charge is 0.323 e. The van der Waals surface area contributed by atoms with Crippen LogP contribution in [0.1, 0.15) is 143 Å². The number of carbonyl (C=O) groups is 2. The summed E-state index contributed by atoms with van der Waals surface area (Å²) in [5, 5.41) is 0. The van der Waals surface area contributed by atoms with Crippen LogP contribution in [0, 0.1) is 46.3 Å². The van der Waals surface area contributed by atoms with E-state index in [1.165, 1.54) is 57.8 Å². The number of fused-ring (bicyclic) bond motifs is 5. The number of benzene rings is 1. The monoisotopic (exact) mass is 650 g/mol. The van der Waals surface area contributed by atoms with Crippen molar-refractivity contribution in [1.29, 1.82) is 0 Å². The molecule has 3 unspecified atom stereocenters. The maximum atomic E-state index is 12.7. The summed E-state index contributed by atoms with van der Waals surface area (Å²) in [7, 11) is 0. The second-order valence-corrected chi connectivity index (χ2v) is 16.6. The summed E-state index contributed by atoms with van der Waals surface area (Å²) in [5.74, 6) is 5.01. The highest BCUT2D eigenvalue weighted by molar-refractivity contribution is 5.75. The van der Waals surface area contributed by atoms with Crippen molar-refractivity contribution < 1.29 is 19.1 Å². The summed E-state index contributed by atoms with van der Waals surface area (Å²) in [4.78, 5) is 22.4. The van der Waals surface area contributed by atoms with Gasteiger partial charge < -0.3 is 15.2 Å². The average Bonchev–Trinajstić information content (AvgIpc) is 3.42. The third-order valence-electron chi connectivity index (χ3n) is 13.1. The second-order valence-electron chi connectivity index (χ2n) is 16.6. The summed E-state index contributed by atoms with van der Waals surface area (Å²) < 4.78 is 10.5. The van der Waals surface area contributed by atoms with Crippen LogP contribution in [0.15, 0.2) is 42.0 Å². The van der Waals surface area contributed by atoms with Crippen LogP contribution in [0.4, 0.5) is 0 Å². The molecule has 9 atom stereocenters. The molecular formula is C42H67NO4. The van der Waals surface area contributed by atoms with Gasteiger partial charge in [-0.3, -0.25) is 9.59 Å². The molecule has 4 aliphatic rings. The molecule has 3 saturated carbocycles. The Hall–Kier alpha value is -2.14. The van der Waals surface area contributed by atoms with Gasteiger partial charge >= 0.3 is 5.97 Å². The van der Waals surface area contributed by atoms with E-state index in [4.69, 9.17) is 10.5 Å². The van der Waals surface area contributed by atoms with Crippen molar-refractivity contribution in [2.24, 2.45) is 52.1 Å². The largest absolute Gasteiger partial charge is 0.463 e. The predicted molar refractivity (Wildman–Crippen MR) is 192 cm³/mol. The van der Waals surface area contributed by atoms with Crippen molar-refractivity contribution in [2.45, 2.75) is 157 Å². The number of allylic oxidation sites excluding steroid dienone is 1. The lowest BCUT2D eigenvalue weighted by Crippen LogP contribution is -2.51. The van der Waals surface area contributed by atoms with Gasteiger partial charge in [0.2, 0.25) is 0 Å². The van der Waals surface area contributed by atoms with E-state index >= 15 is 0 Å². The van der Waals surface area contributed by atoms with Gasteiger partial charge in [0.15, 0.2) is 0 Å². The standard InChI is InChI=1S/C34H59NO2.C8H8O2/c1-7-8-9-13-31(35)32(36)37-26-18-20-33(5)25(22-26)14-15-27-29-17-16-28(24(4)12-10-11-23(2)3)34(29,6)21-19-30(27)33;9-7-10-6-8-4-2-1-3-5-8/h14,23-24,26-31H,7-13,15-22,35H2,1-6H3;1-5,7H,6H2/t24-,26+,27?,28-,29?,30?,31+,33+,34-;/m1./s1. The van der Waals surface area contributed by atoms with E-state index in [1.807, 2.05) is 30.3 Å². The second kappa shape index (κ2) is 17.5. The molecule has 0 heterocycles. The molecular weight excluding hydrogens is 582 g/mol. The quantitative estimate of drug-likeness (QED) is 0.0939. The Labute approximate surface area is 287 Å². The fourth-order valence-electron chi connectivity index (χ4n) is 10.4. The topological polar surface area (TPSA) is 78.6 Å². The molecule has 0 spiro atoms. The van der Waals surface area contributed by atoms with Crippen LogP contribution in [-0.4, -0.2) is 24.6 Å². The molecule has 264 valence electrons. The van der Waals surface area contributed by atoms with E-state index in [9.17, 15) is 9.59 Å². The fourth-order valence-corrected chi connectivity index (χ4v) is 10.4. The first-order chi connectivity index (χ1) is 22.5. The molecule has 3 fully saturated rings. The zero-order valence-electron chi connectivity index (χ0n) is 30.7. The van der Waals surface area contributed by atoms with Crippen molar-refractivity contribution in [3.8, 4) is 0 Å². The molecule has 0 amide bonds. The first-order valence-electron chi connectivity index (χ1n) is 19.3. The molecule has 5 nitrogen and oxygen atoms in total. The number of hydrogen-bond donors (Lipinski definition) is 1. The van der Waals surface area contributed by atoms with Crippen LogP contribution in [0.25, 0.3) is 0 Å². The highest BCUT2D eigenvalue weighted by Crippen LogP contribution is 2.67. The number of rotatable bonds is 14. The Morgan fingerprint density at radius 2 is 1.72 bits per heavy atom. The lowest BCUT2D eigenvalue weighted by atomic mass is 9.47. The minimum atomic E-state index is -0.455. The molecule has 0 aromatic heterocycles. The Balaban J connectivity index is 0.000000427. The van der Waals surface area contributed by atoms with Gasteiger partial charge in [0.05, 0.1) is 0 Å². The van der Waals surface area contributed by atoms with Crippen molar-refractivity contribution in [2.75, 3.05) is 0 Å². The fraction of sp³-hybridized carbons (Fsp3) is 0.762. The molecule has 0 aliphatic heterocycles. The van der Waals surface area contributed by atoms with E-state index in [-0.39, 0.29) is 12.1 Å². The van der Waals surface area contributed by atoms with E-state index < -0.39 is 6.04 Å². The molecule has 5 heteroatoms. The number of ether oxygens (including phenoxy) is 2. The minimum Gasteiger partial charge on any atom is -0.463 e. The SMILES string of the molecule is CCCCC[C@H](N)C(=O)O[C@H]1CC[C@@]2(C)C(=CCC3C2CC[C@@]2(C)C3CC[C@@H]2[C@H](C)CCCC(C)C)C1.O=COCc1ccccc1. The third kappa shape index (κ3) is 9.31. The normalized spacial score (nSPS) is 32.4. The van der Waals surface area contributed by atoms with Gasteiger partial charge in [-0.25, -0.2) is 0 Å². The van der Waals surface area contributed by atoms with Crippen LogP contribution in [0.5, 0.6) is 0 Å². The van der Waals surface area contributed by atoms with Crippen molar-refractivity contribution in [1.82, 2.24) is 0 Å². The molecule has 0 saturated heterocycles. The highest BCUT2D eigenvalue weighted by atomic mass is 16.5. The van der Waals surface area contributed by atoms with Gasteiger partial charge in [0.1, 0.15) is 18.8 Å². The number of unbranched alkanes of at least 4 members (excludes halogenated alkanes) is 2. The van der Waals surface area contributed by atoms with E-state index in [0.717, 1.165) is 79.6 Å². The predicted octanol–water partition coefficient (Wildman–Crippen LogP) is 10.2.